The van der Waals surface area contributed by atoms with Crippen LogP contribution in [0.2, 0.25) is 0 Å². The molecule has 0 saturated carbocycles. The summed E-state index contributed by atoms with van der Waals surface area (Å²) >= 11 is 3.38. The first-order valence-electron chi connectivity index (χ1n) is 6.01. The average molecular weight is 335 g/mol. The van der Waals surface area contributed by atoms with Gasteiger partial charge >= 0.3 is 0 Å². The fourth-order valence-electron chi connectivity index (χ4n) is 1.88. The molecule has 3 N–H and O–H groups in total. The van der Waals surface area contributed by atoms with Crippen molar-refractivity contribution in [1.82, 2.24) is 0 Å². The molecule has 4 nitrogen and oxygen atoms in total. The van der Waals surface area contributed by atoms with E-state index in [0.717, 1.165) is 10.0 Å². The summed E-state index contributed by atoms with van der Waals surface area (Å²) in [6, 6.07) is 10.7. The van der Waals surface area contributed by atoms with Crippen molar-refractivity contribution in [3.63, 3.8) is 0 Å². The van der Waals surface area contributed by atoms with Gasteiger partial charge in [0.05, 0.1) is 12.8 Å². The lowest BCUT2D eigenvalue weighted by Gasteiger charge is -2.09. The maximum Gasteiger partial charge on any atom is 0.255 e. The zero-order valence-electron chi connectivity index (χ0n) is 11.2. The van der Waals surface area contributed by atoms with E-state index in [2.05, 4.69) is 21.2 Å². The molecule has 0 aromatic heterocycles. The second-order valence-electron chi connectivity index (χ2n) is 4.43. The third-order valence-electron chi connectivity index (χ3n) is 2.79. The number of nitrogens with two attached hydrogens (primary N) is 1. The maximum absolute atomic E-state index is 12.2. The van der Waals surface area contributed by atoms with Gasteiger partial charge in [0.2, 0.25) is 0 Å². The van der Waals surface area contributed by atoms with Crippen molar-refractivity contribution in [3.8, 4) is 5.75 Å². The molecule has 20 heavy (non-hydrogen) atoms. The van der Waals surface area contributed by atoms with Crippen LogP contribution in [-0.2, 0) is 0 Å². The molecular formula is C15H15BrN2O2. The van der Waals surface area contributed by atoms with E-state index in [4.69, 9.17) is 10.5 Å². The number of carbonyl (C=O) groups is 1. The van der Waals surface area contributed by atoms with Crippen LogP contribution in [0.3, 0.4) is 0 Å². The normalized spacial score (nSPS) is 10.2. The molecular weight excluding hydrogens is 320 g/mol. The molecule has 0 unspecified atom stereocenters. The van der Waals surface area contributed by atoms with Gasteiger partial charge < -0.3 is 15.8 Å². The number of nitrogens with one attached hydrogen (secondary N) is 1. The summed E-state index contributed by atoms with van der Waals surface area (Å²) in [5.74, 6) is 0.403. The molecule has 0 fully saturated rings. The number of ether oxygens (including phenoxy) is 1. The van der Waals surface area contributed by atoms with Crippen molar-refractivity contribution in [2.75, 3.05) is 18.2 Å². The highest BCUT2D eigenvalue weighted by atomic mass is 79.9. The van der Waals surface area contributed by atoms with Crippen molar-refractivity contribution in [2.24, 2.45) is 0 Å². The van der Waals surface area contributed by atoms with Crippen LogP contribution >= 0.6 is 15.9 Å². The molecule has 0 bridgehead atoms. The number of benzene rings is 2. The molecule has 0 atom stereocenters. The van der Waals surface area contributed by atoms with Crippen molar-refractivity contribution in [3.05, 3.63) is 52.0 Å². The van der Waals surface area contributed by atoms with Gasteiger partial charge in [-0.2, -0.15) is 0 Å². The Morgan fingerprint density at radius 3 is 2.60 bits per heavy atom. The predicted octanol–water partition coefficient (Wildman–Crippen LogP) is 3.60. The van der Waals surface area contributed by atoms with Crippen molar-refractivity contribution in [1.29, 1.82) is 0 Å². The first-order valence-corrected chi connectivity index (χ1v) is 6.81. The SMILES string of the molecule is COc1ccc(NC(=O)c2cc(C)cc(Br)c2)cc1N. The van der Waals surface area contributed by atoms with Gasteiger partial charge in [-0.1, -0.05) is 15.9 Å². The Balaban J connectivity index is 2.21. The van der Waals surface area contributed by atoms with E-state index in [-0.39, 0.29) is 5.91 Å². The second kappa shape index (κ2) is 5.96. The Labute approximate surface area is 126 Å². The van der Waals surface area contributed by atoms with E-state index < -0.39 is 0 Å². The van der Waals surface area contributed by atoms with Gasteiger partial charge in [-0.3, -0.25) is 4.79 Å². The summed E-state index contributed by atoms with van der Waals surface area (Å²) in [5.41, 5.74) is 8.53. The molecule has 0 aliphatic carbocycles. The van der Waals surface area contributed by atoms with E-state index >= 15 is 0 Å². The number of methoxy groups -OCH3 is 1. The van der Waals surface area contributed by atoms with Crippen LogP contribution in [0, 0.1) is 6.92 Å². The minimum Gasteiger partial charge on any atom is -0.495 e. The minimum absolute atomic E-state index is 0.182. The summed E-state index contributed by atoms with van der Waals surface area (Å²) in [7, 11) is 1.55. The van der Waals surface area contributed by atoms with Gasteiger partial charge in [0, 0.05) is 15.7 Å². The molecule has 5 heteroatoms. The number of nitrogen functional groups attached to an aromatic ring is 1. The highest BCUT2D eigenvalue weighted by Gasteiger charge is 2.09. The van der Waals surface area contributed by atoms with Gasteiger partial charge in [-0.05, 0) is 48.9 Å². The molecule has 2 aromatic carbocycles. The number of hydrogen-bond donors (Lipinski definition) is 2. The van der Waals surface area contributed by atoms with Crippen LogP contribution in [0.1, 0.15) is 15.9 Å². The number of carbonyl (C=O) groups excluding carboxylic acids is 1. The first-order chi connectivity index (χ1) is 9.49. The molecule has 104 valence electrons. The standard InChI is InChI=1S/C15H15BrN2O2/c1-9-5-10(7-11(16)6-9)15(19)18-12-3-4-14(20-2)13(17)8-12/h3-8H,17H2,1-2H3,(H,18,19). The molecule has 0 radical (unpaired) electrons. The molecule has 0 heterocycles. The van der Waals surface area contributed by atoms with E-state index in [1.54, 1.807) is 31.4 Å². The zero-order chi connectivity index (χ0) is 14.7. The molecule has 2 rings (SSSR count). The zero-order valence-corrected chi connectivity index (χ0v) is 12.8. The molecule has 0 aliphatic heterocycles. The van der Waals surface area contributed by atoms with Gasteiger partial charge in [0.15, 0.2) is 0 Å². The Morgan fingerprint density at radius 2 is 2.00 bits per heavy atom. The predicted molar refractivity (Wildman–Crippen MR) is 84.2 cm³/mol. The number of halogens is 1. The van der Waals surface area contributed by atoms with Crippen LogP contribution in [-0.4, -0.2) is 13.0 Å². The highest BCUT2D eigenvalue weighted by Crippen LogP contribution is 2.25. The smallest absolute Gasteiger partial charge is 0.255 e. The lowest BCUT2D eigenvalue weighted by atomic mass is 10.1. The number of rotatable bonds is 3. The van der Waals surface area contributed by atoms with Gasteiger partial charge in [0.1, 0.15) is 5.75 Å². The topological polar surface area (TPSA) is 64.3 Å². The summed E-state index contributed by atoms with van der Waals surface area (Å²) in [6.45, 7) is 1.94. The number of anilines is 2. The van der Waals surface area contributed by atoms with E-state index in [9.17, 15) is 4.79 Å². The quantitative estimate of drug-likeness (QED) is 0.843. The largest absolute Gasteiger partial charge is 0.495 e. The fourth-order valence-corrected chi connectivity index (χ4v) is 2.49. The summed E-state index contributed by atoms with van der Waals surface area (Å²) in [6.07, 6.45) is 0. The van der Waals surface area contributed by atoms with Crippen LogP contribution in [0.25, 0.3) is 0 Å². The summed E-state index contributed by atoms with van der Waals surface area (Å²) in [4.78, 5) is 12.2. The van der Waals surface area contributed by atoms with Gasteiger partial charge in [-0.15, -0.1) is 0 Å². The third-order valence-corrected chi connectivity index (χ3v) is 3.25. The molecule has 0 spiro atoms. The third kappa shape index (κ3) is 3.30. The van der Waals surface area contributed by atoms with Crippen LogP contribution in [0.5, 0.6) is 5.75 Å². The van der Waals surface area contributed by atoms with Gasteiger partial charge in [0.25, 0.3) is 5.91 Å². The Morgan fingerprint density at radius 1 is 1.25 bits per heavy atom. The monoisotopic (exact) mass is 334 g/mol. The van der Waals surface area contributed by atoms with Crippen LogP contribution < -0.4 is 15.8 Å². The van der Waals surface area contributed by atoms with Crippen molar-refractivity contribution < 1.29 is 9.53 Å². The maximum atomic E-state index is 12.2. The average Bonchev–Trinajstić information content (AvgIpc) is 2.37. The number of aryl methyl sites for hydroxylation is 1. The van der Waals surface area contributed by atoms with Crippen molar-refractivity contribution >= 4 is 33.2 Å². The number of hydrogen-bond acceptors (Lipinski definition) is 3. The van der Waals surface area contributed by atoms with E-state index in [0.29, 0.717) is 22.7 Å². The molecule has 0 saturated heterocycles. The lowest BCUT2D eigenvalue weighted by molar-refractivity contribution is 0.102. The molecule has 0 aliphatic rings. The molecule has 1 amide bonds. The Hall–Kier alpha value is -2.01. The van der Waals surface area contributed by atoms with Crippen LogP contribution in [0.15, 0.2) is 40.9 Å². The Bertz CT molecular complexity index is 636. The highest BCUT2D eigenvalue weighted by molar-refractivity contribution is 9.10. The van der Waals surface area contributed by atoms with Crippen molar-refractivity contribution in [2.45, 2.75) is 6.92 Å². The number of amides is 1. The summed E-state index contributed by atoms with van der Waals surface area (Å²) < 4.78 is 5.95. The van der Waals surface area contributed by atoms with E-state index in [1.807, 2.05) is 19.1 Å². The fraction of sp³-hybridized carbons (Fsp3) is 0.133. The second-order valence-corrected chi connectivity index (χ2v) is 5.34. The first kappa shape index (κ1) is 14.4. The summed E-state index contributed by atoms with van der Waals surface area (Å²) in [5, 5.41) is 2.81. The minimum atomic E-state index is -0.182. The molecule has 2 aromatic rings. The van der Waals surface area contributed by atoms with E-state index in [1.165, 1.54) is 0 Å². The lowest BCUT2D eigenvalue weighted by Crippen LogP contribution is -2.12. The Kier molecular flexibility index (Phi) is 4.29. The van der Waals surface area contributed by atoms with Crippen LogP contribution in [0.4, 0.5) is 11.4 Å². The van der Waals surface area contributed by atoms with Gasteiger partial charge in [-0.25, -0.2) is 0 Å².